The summed E-state index contributed by atoms with van der Waals surface area (Å²) < 4.78 is 1.76. The van der Waals surface area contributed by atoms with Gasteiger partial charge in [-0.1, -0.05) is 19.1 Å². The fourth-order valence-corrected chi connectivity index (χ4v) is 1.96. The second-order valence-electron chi connectivity index (χ2n) is 4.86. The van der Waals surface area contributed by atoms with Gasteiger partial charge >= 0.3 is 5.97 Å². The number of aliphatic hydroxyl groups excluding tert-OH is 1. The molecule has 102 valence electrons. The summed E-state index contributed by atoms with van der Waals surface area (Å²) in [6.07, 6.45) is 1.08. The number of hydrogen-bond acceptors (Lipinski definition) is 4. The van der Waals surface area contributed by atoms with Crippen LogP contribution >= 0.6 is 0 Å². The molecule has 18 heavy (non-hydrogen) atoms. The quantitative estimate of drug-likeness (QED) is 0.764. The van der Waals surface area contributed by atoms with Crippen LogP contribution in [-0.4, -0.2) is 37.3 Å². The van der Waals surface area contributed by atoms with Crippen LogP contribution in [0.3, 0.4) is 0 Å². The van der Waals surface area contributed by atoms with Crippen molar-refractivity contribution in [3.8, 4) is 0 Å². The van der Waals surface area contributed by atoms with E-state index in [1.807, 2.05) is 13.8 Å². The van der Waals surface area contributed by atoms with Crippen LogP contribution < -0.4 is 0 Å². The summed E-state index contributed by atoms with van der Waals surface area (Å²) in [6, 6.07) is 0. The molecule has 1 unspecified atom stereocenters. The molecule has 0 aliphatic heterocycles. The van der Waals surface area contributed by atoms with Gasteiger partial charge in [0.1, 0.15) is 0 Å². The maximum atomic E-state index is 10.7. The first-order valence-corrected chi connectivity index (χ1v) is 6.24. The van der Waals surface area contributed by atoms with E-state index in [4.69, 9.17) is 5.11 Å². The topological polar surface area (TPSA) is 88.2 Å². The molecule has 0 spiro atoms. The summed E-state index contributed by atoms with van der Waals surface area (Å²) in [5.41, 5.74) is 1.41. The van der Waals surface area contributed by atoms with Crippen molar-refractivity contribution in [2.75, 3.05) is 0 Å². The Morgan fingerprint density at radius 2 is 2.06 bits per heavy atom. The molecule has 1 heterocycles. The number of aryl methyl sites for hydroxylation is 1. The number of carboxylic acids is 1. The number of nitrogens with zero attached hydrogens (tertiary/aromatic N) is 3. The van der Waals surface area contributed by atoms with Gasteiger partial charge in [0.05, 0.1) is 23.9 Å². The minimum atomic E-state index is -0.895. The first kappa shape index (κ1) is 14.6. The molecule has 1 aromatic rings. The lowest BCUT2D eigenvalue weighted by atomic mass is 10.1. The van der Waals surface area contributed by atoms with Gasteiger partial charge in [-0.25, -0.2) is 4.68 Å². The van der Waals surface area contributed by atoms with Crippen molar-refractivity contribution in [2.24, 2.45) is 0 Å². The number of carboxylic acid groups (broad SMARTS) is 1. The van der Waals surface area contributed by atoms with Gasteiger partial charge in [-0.3, -0.25) is 4.79 Å². The van der Waals surface area contributed by atoms with Crippen LogP contribution in [0.4, 0.5) is 0 Å². The molecular formula is C12H21N3O3. The maximum Gasteiger partial charge on any atom is 0.309 e. The average molecular weight is 255 g/mol. The van der Waals surface area contributed by atoms with Crippen molar-refractivity contribution in [3.63, 3.8) is 0 Å². The van der Waals surface area contributed by atoms with Crippen molar-refractivity contribution in [2.45, 2.75) is 58.6 Å². The van der Waals surface area contributed by atoms with Crippen LogP contribution in [0.2, 0.25) is 0 Å². The van der Waals surface area contributed by atoms with Gasteiger partial charge in [-0.2, -0.15) is 0 Å². The van der Waals surface area contributed by atoms with E-state index in [0.717, 1.165) is 12.1 Å². The molecule has 6 heteroatoms. The van der Waals surface area contributed by atoms with Gasteiger partial charge in [0.25, 0.3) is 0 Å². The molecule has 2 N–H and O–H groups in total. The number of aliphatic hydroxyl groups is 1. The minimum Gasteiger partial charge on any atom is -0.481 e. The van der Waals surface area contributed by atoms with Crippen molar-refractivity contribution in [3.05, 3.63) is 11.4 Å². The third-order valence-electron chi connectivity index (χ3n) is 2.70. The second kappa shape index (κ2) is 6.49. The summed E-state index contributed by atoms with van der Waals surface area (Å²) in [6.45, 7) is 6.40. The van der Waals surface area contributed by atoms with Crippen molar-refractivity contribution < 1.29 is 15.0 Å². The predicted molar refractivity (Wildman–Crippen MR) is 66.4 cm³/mol. The minimum absolute atomic E-state index is 0.0933. The van der Waals surface area contributed by atoms with Crippen LogP contribution in [0.1, 0.15) is 50.9 Å². The van der Waals surface area contributed by atoms with E-state index in [1.165, 1.54) is 0 Å². The molecule has 0 radical (unpaired) electrons. The van der Waals surface area contributed by atoms with Gasteiger partial charge in [0.15, 0.2) is 0 Å². The summed E-state index contributed by atoms with van der Waals surface area (Å²) in [5, 5.41) is 26.0. The zero-order valence-corrected chi connectivity index (χ0v) is 11.1. The normalized spacial score (nSPS) is 12.9. The summed E-state index contributed by atoms with van der Waals surface area (Å²) in [4.78, 5) is 10.7. The Morgan fingerprint density at radius 1 is 1.39 bits per heavy atom. The SMILES string of the molecule is CC(O)CCCn1nnc(CC(=O)O)c1C(C)C. The predicted octanol–water partition coefficient (Wildman–Crippen LogP) is 1.19. The highest BCUT2D eigenvalue weighted by Crippen LogP contribution is 2.18. The first-order valence-electron chi connectivity index (χ1n) is 6.24. The van der Waals surface area contributed by atoms with Crippen LogP contribution in [0.5, 0.6) is 0 Å². The van der Waals surface area contributed by atoms with Gasteiger partial charge in [-0.15, -0.1) is 5.10 Å². The van der Waals surface area contributed by atoms with Gasteiger partial charge in [0.2, 0.25) is 0 Å². The highest BCUT2D eigenvalue weighted by atomic mass is 16.4. The van der Waals surface area contributed by atoms with E-state index in [1.54, 1.807) is 11.6 Å². The smallest absolute Gasteiger partial charge is 0.309 e. The summed E-state index contributed by atoms with van der Waals surface area (Å²) in [5.74, 6) is -0.714. The molecule has 0 bridgehead atoms. The lowest BCUT2D eigenvalue weighted by Crippen LogP contribution is -2.11. The standard InChI is InChI=1S/C12H21N3O3/c1-8(2)12-10(7-11(17)18)13-14-15(12)6-4-5-9(3)16/h8-9,16H,4-7H2,1-3H3,(H,17,18). The fraction of sp³-hybridized carbons (Fsp3) is 0.750. The van der Waals surface area contributed by atoms with E-state index in [0.29, 0.717) is 18.7 Å². The summed E-state index contributed by atoms with van der Waals surface area (Å²) in [7, 11) is 0. The maximum absolute atomic E-state index is 10.7. The Hall–Kier alpha value is -1.43. The molecular weight excluding hydrogens is 234 g/mol. The van der Waals surface area contributed by atoms with Gasteiger partial charge in [-0.05, 0) is 25.7 Å². The highest BCUT2D eigenvalue weighted by molar-refractivity contribution is 5.69. The third kappa shape index (κ3) is 4.10. The first-order chi connectivity index (χ1) is 8.41. The van der Waals surface area contributed by atoms with Crippen LogP contribution in [0.15, 0.2) is 0 Å². The van der Waals surface area contributed by atoms with Crippen molar-refractivity contribution in [1.29, 1.82) is 0 Å². The van der Waals surface area contributed by atoms with E-state index in [2.05, 4.69) is 10.3 Å². The lowest BCUT2D eigenvalue weighted by Gasteiger charge is -2.11. The van der Waals surface area contributed by atoms with Crippen LogP contribution in [0.25, 0.3) is 0 Å². The third-order valence-corrected chi connectivity index (χ3v) is 2.70. The number of hydrogen-bond donors (Lipinski definition) is 2. The van der Waals surface area contributed by atoms with Crippen molar-refractivity contribution >= 4 is 5.97 Å². The Kier molecular flexibility index (Phi) is 5.27. The van der Waals surface area contributed by atoms with E-state index in [9.17, 15) is 9.90 Å². The molecule has 0 saturated heterocycles. The van der Waals surface area contributed by atoms with E-state index >= 15 is 0 Å². The molecule has 1 aromatic heterocycles. The number of aromatic nitrogens is 3. The number of aliphatic carboxylic acids is 1. The summed E-state index contributed by atoms with van der Waals surface area (Å²) >= 11 is 0. The zero-order chi connectivity index (χ0) is 13.7. The molecule has 0 fully saturated rings. The Morgan fingerprint density at radius 3 is 2.56 bits per heavy atom. The van der Waals surface area contributed by atoms with Crippen molar-refractivity contribution in [1.82, 2.24) is 15.0 Å². The zero-order valence-electron chi connectivity index (χ0n) is 11.1. The fourth-order valence-electron chi connectivity index (χ4n) is 1.96. The van der Waals surface area contributed by atoms with Gasteiger partial charge < -0.3 is 10.2 Å². The number of carbonyl (C=O) groups is 1. The Bertz CT molecular complexity index is 399. The second-order valence-corrected chi connectivity index (χ2v) is 4.86. The molecule has 0 amide bonds. The Balaban J connectivity index is 2.78. The molecule has 0 saturated carbocycles. The van der Waals surface area contributed by atoms with E-state index in [-0.39, 0.29) is 18.4 Å². The van der Waals surface area contributed by atoms with Gasteiger partial charge in [0, 0.05) is 6.54 Å². The molecule has 1 rings (SSSR count). The molecule has 0 aromatic carbocycles. The largest absolute Gasteiger partial charge is 0.481 e. The average Bonchev–Trinajstić information content (AvgIpc) is 2.59. The number of rotatable bonds is 7. The molecule has 0 aliphatic rings. The van der Waals surface area contributed by atoms with Crippen LogP contribution in [-0.2, 0) is 17.8 Å². The monoisotopic (exact) mass is 255 g/mol. The lowest BCUT2D eigenvalue weighted by molar-refractivity contribution is -0.136. The molecule has 1 atom stereocenters. The highest BCUT2D eigenvalue weighted by Gasteiger charge is 2.18. The molecule has 0 aliphatic carbocycles. The molecule has 6 nitrogen and oxygen atoms in total. The van der Waals surface area contributed by atoms with E-state index < -0.39 is 5.97 Å². The van der Waals surface area contributed by atoms with Crippen LogP contribution in [0, 0.1) is 0 Å². The Labute approximate surface area is 107 Å².